The number of thioether (sulfide) groups is 1. The van der Waals surface area contributed by atoms with E-state index < -0.39 is 23.8 Å². The topological polar surface area (TPSA) is 108 Å². The average Bonchev–Trinajstić information content (AvgIpc) is 3.48. The molecule has 10 heteroatoms. The number of carbonyl (C=O) groups is 3. The van der Waals surface area contributed by atoms with E-state index >= 15 is 0 Å². The quantitative estimate of drug-likeness (QED) is 0.679. The molecular weight excluding hydrogens is 444 g/mol. The lowest BCUT2D eigenvalue weighted by Crippen LogP contribution is -2.44. The van der Waals surface area contributed by atoms with Gasteiger partial charge in [-0.1, -0.05) is 17.4 Å². The fraction of sp³-hybridized carbons (Fsp3) is 0.500. The first-order valence-electron chi connectivity index (χ1n) is 9.91. The Morgan fingerprint density at radius 3 is 2.63 bits per heavy atom. The molecule has 2 aliphatic heterocycles. The van der Waals surface area contributed by atoms with Crippen LogP contribution >= 0.6 is 34.4 Å². The second kappa shape index (κ2) is 6.30. The first-order valence-corrected chi connectivity index (χ1v) is 12.5. The highest BCUT2D eigenvalue weighted by molar-refractivity contribution is 8.00. The Morgan fingerprint density at radius 2 is 1.97 bits per heavy atom. The van der Waals surface area contributed by atoms with Gasteiger partial charge in [-0.05, 0) is 42.5 Å². The van der Waals surface area contributed by atoms with Crippen molar-refractivity contribution in [3.8, 4) is 0 Å². The Bertz CT molecular complexity index is 1140. The second-order valence-corrected chi connectivity index (χ2v) is 11.7. The van der Waals surface area contributed by atoms with Crippen LogP contribution in [-0.4, -0.2) is 44.1 Å². The van der Waals surface area contributed by atoms with Gasteiger partial charge in [0.2, 0.25) is 11.8 Å². The van der Waals surface area contributed by atoms with Crippen LogP contribution in [0.15, 0.2) is 27.3 Å². The molecule has 2 aromatic rings. The third-order valence-electron chi connectivity index (χ3n) is 7.35. The molecule has 4 aliphatic rings. The first kappa shape index (κ1) is 18.8. The number of imide groups is 1. The van der Waals surface area contributed by atoms with Crippen molar-refractivity contribution in [2.45, 2.75) is 35.6 Å². The fourth-order valence-corrected chi connectivity index (χ4v) is 10.2. The minimum absolute atomic E-state index is 0.0245. The number of fused-ring (bicyclic) bond motifs is 9. The smallest absolute Gasteiger partial charge is 0.326 e. The van der Waals surface area contributed by atoms with E-state index in [1.165, 1.54) is 23.1 Å². The SMILES string of the molecule is CC(C(=O)O)N1C(=O)C2C3CC(C2C1=O)C1C(c2cccs2)c2sc(=O)[nH]c2SC31. The lowest BCUT2D eigenvalue weighted by Gasteiger charge is -2.42. The van der Waals surface area contributed by atoms with Crippen molar-refractivity contribution >= 4 is 52.2 Å². The van der Waals surface area contributed by atoms with Crippen molar-refractivity contribution in [1.29, 1.82) is 0 Å². The number of carboxylic acids is 1. The number of hydrogen-bond donors (Lipinski definition) is 2. The number of thiophene rings is 1. The summed E-state index contributed by atoms with van der Waals surface area (Å²) in [6.07, 6.45) is 0.811. The van der Waals surface area contributed by atoms with Crippen LogP contribution in [-0.2, 0) is 14.4 Å². The maximum Gasteiger partial charge on any atom is 0.326 e. The van der Waals surface area contributed by atoms with Gasteiger partial charge in [0.25, 0.3) is 0 Å². The van der Waals surface area contributed by atoms with Gasteiger partial charge in [-0.25, -0.2) is 4.79 Å². The van der Waals surface area contributed by atoms with Gasteiger partial charge in [-0.15, -0.1) is 23.1 Å². The van der Waals surface area contributed by atoms with Crippen molar-refractivity contribution in [2.24, 2.45) is 29.6 Å². The fourth-order valence-electron chi connectivity index (χ4n) is 6.32. The molecule has 156 valence electrons. The molecule has 4 heterocycles. The van der Waals surface area contributed by atoms with Crippen molar-refractivity contribution in [1.82, 2.24) is 9.88 Å². The minimum Gasteiger partial charge on any atom is -0.480 e. The Balaban J connectivity index is 1.45. The van der Waals surface area contributed by atoms with E-state index in [0.717, 1.165) is 21.2 Å². The van der Waals surface area contributed by atoms with Crippen LogP contribution in [0.4, 0.5) is 0 Å². The zero-order valence-corrected chi connectivity index (χ0v) is 18.3. The van der Waals surface area contributed by atoms with Gasteiger partial charge in [0.15, 0.2) is 0 Å². The van der Waals surface area contributed by atoms with E-state index in [1.54, 1.807) is 23.1 Å². The largest absolute Gasteiger partial charge is 0.480 e. The van der Waals surface area contributed by atoms with Crippen molar-refractivity contribution in [3.63, 3.8) is 0 Å². The summed E-state index contributed by atoms with van der Waals surface area (Å²) in [6, 6.07) is 2.94. The number of likely N-dealkylation sites (tertiary alicyclic amines) is 1. The molecule has 2 bridgehead atoms. The van der Waals surface area contributed by atoms with Crippen LogP contribution in [0.1, 0.15) is 29.0 Å². The summed E-state index contributed by atoms with van der Waals surface area (Å²) in [5.74, 6) is -2.44. The van der Waals surface area contributed by atoms with E-state index in [0.29, 0.717) is 0 Å². The van der Waals surface area contributed by atoms with Gasteiger partial charge in [-0.3, -0.25) is 19.3 Å². The zero-order valence-electron chi connectivity index (χ0n) is 15.8. The Labute approximate surface area is 183 Å². The molecule has 8 atom stereocenters. The number of nitrogens with one attached hydrogen (secondary N) is 1. The molecule has 3 fully saturated rings. The lowest BCUT2D eigenvalue weighted by molar-refractivity contribution is -0.154. The van der Waals surface area contributed by atoms with Crippen LogP contribution in [0.25, 0.3) is 0 Å². The molecule has 1 saturated heterocycles. The number of nitrogens with zero attached hydrogens (tertiary/aromatic N) is 1. The monoisotopic (exact) mass is 462 g/mol. The Kier molecular flexibility index (Phi) is 3.96. The molecule has 6 rings (SSSR count). The van der Waals surface area contributed by atoms with Crippen molar-refractivity contribution in [3.05, 3.63) is 36.9 Å². The number of carboxylic acid groups (broad SMARTS) is 1. The molecule has 2 N–H and O–H groups in total. The predicted molar refractivity (Wildman–Crippen MR) is 112 cm³/mol. The Hall–Kier alpha value is -1.91. The van der Waals surface area contributed by atoms with E-state index in [2.05, 4.69) is 11.1 Å². The number of H-pyrrole nitrogens is 1. The molecule has 2 aromatic heterocycles. The molecule has 0 aromatic carbocycles. The number of rotatable bonds is 3. The number of thiazole rings is 1. The van der Waals surface area contributed by atoms with Gasteiger partial charge in [-0.2, -0.15) is 0 Å². The highest BCUT2D eigenvalue weighted by Gasteiger charge is 2.70. The molecule has 0 spiro atoms. The second-order valence-electron chi connectivity index (χ2n) is 8.54. The molecule has 2 aliphatic carbocycles. The van der Waals surface area contributed by atoms with Crippen LogP contribution in [0.3, 0.4) is 0 Å². The van der Waals surface area contributed by atoms with Gasteiger partial charge < -0.3 is 10.1 Å². The minimum atomic E-state index is -1.16. The summed E-state index contributed by atoms with van der Waals surface area (Å²) < 4.78 is 0. The van der Waals surface area contributed by atoms with E-state index in [9.17, 15) is 24.3 Å². The molecule has 30 heavy (non-hydrogen) atoms. The highest BCUT2D eigenvalue weighted by atomic mass is 32.2. The van der Waals surface area contributed by atoms with Crippen molar-refractivity contribution in [2.75, 3.05) is 0 Å². The summed E-state index contributed by atoms with van der Waals surface area (Å²) >= 11 is 4.54. The zero-order chi connectivity index (χ0) is 20.9. The summed E-state index contributed by atoms with van der Waals surface area (Å²) in [5, 5.41) is 12.4. The van der Waals surface area contributed by atoms with E-state index in [-0.39, 0.29) is 45.6 Å². The number of aromatic amines is 1. The lowest BCUT2D eigenvalue weighted by atomic mass is 9.69. The van der Waals surface area contributed by atoms with E-state index in [1.807, 2.05) is 11.4 Å². The van der Waals surface area contributed by atoms with Crippen LogP contribution in [0.2, 0.25) is 0 Å². The Morgan fingerprint density at radius 1 is 1.23 bits per heavy atom. The number of carbonyl (C=O) groups excluding carboxylic acids is 2. The summed E-state index contributed by atoms with van der Waals surface area (Å²) in [4.78, 5) is 56.1. The molecule has 2 amide bonds. The summed E-state index contributed by atoms with van der Waals surface area (Å²) in [6.45, 7) is 1.40. The normalized spacial score (nSPS) is 37.2. The van der Waals surface area contributed by atoms with Crippen LogP contribution in [0, 0.1) is 29.6 Å². The third kappa shape index (κ3) is 2.27. The predicted octanol–water partition coefficient (Wildman–Crippen LogP) is 2.44. The highest BCUT2D eigenvalue weighted by Crippen LogP contribution is 2.68. The van der Waals surface area contributed by atoms with Gasteiger partial charge in [0.1, 0.15) is 6.04 Å². The van der Waals surface area contributed by atoms with Gasteiger partial charge in [0.05, 0.1) is 16.9 Å². The number of amides is 2. The van der Waals surface area contributed by atoms with Crippen LogP contribution < -0.4 is 4.87 Å². The third-order valence-corrected chi connectivity index (χ3v) is 10.9. The first-order chi connectivity index (χ1) is 14.4. The standard InChI is InChI=1S/C20H18N2O5S3/c1-6(19(25)26)22-17(23)11-7-5-8(12(11)18(22)24)14-10(7)13(9-3-2-4-28-9)15-16(29-14)21-20(27)30-15/h2-4,6-8,10-14H,5H2,1H3,(H,21,27)(H,25,26). The van der Waals surface area contributed by atoms with Gasteiger partial charge in [0, 0.05) is 20.9 Å². The summed E-state index contributed by atoms with van der Waals surface area (Å²) in [5.41, 5.74) is 0. The van der Waals surface area contributed by atoms with Gasteiger partial charge >= 0.3 is 10.8 Å². The maximum atomic E-state index is 13.2. The molecule has 0 radical (unpaired) electrons. The number of aromatic nitrogens is 1. The molecule has 8 unspecified atom stereocenters. The molecule has 2 saturated carbocycles. The maximum absolute atomic E-state index is 13.2. The molecular formula is C20H18N2O5S3. The number of hydrogen-bond acceptors (Lipinski definition) is 7. The van der Waals surface area contributed by atoms with Crippen molar-refractivity contribution < 1.29 is 19.5 Å². The number of aliphatic carboxylic acids is 1. The van der Waals surface area contributed by atoms with E-state index in [4.69, 9.17) is 0 Å². The van der Waals surface area contributed by atoms with Crippen LogP contribution in [0.5, 0.6) is 0 Å². The average molecular weight is 463 g/mol. The molecule has 7 nitrogen and oxygen atoms in total. The summed E-state index contributed by atoms with van der Waals surface area (Å²) in [7, 11) is 0.